The maximum absolute atomic E-state index is 9.07. The van der Waals surface area contributed by atoms with Crippen LogP contribution in [0.2, 0.25) is 0 Å². The zero-order valence-corrected chi connectivity index (χ0v) is 13.9. The topological polar surface area (TPSA) is 42.8 Å². The van der Waals surface area contributed by atoms with Crippen molar-refractivity contribution in [3.8, 4) is 6.07 Å². The number of H-pyrrole nitrogens is 1. The van der Waals surface area contributed by atoms with E-state index >= 15 is 0 Å². The van der Waals surface area contributed by atoms with Gasteiger partial charge in [-0.15, -0.1) is 11.8 Å². The molecule has 2 aromatic rings. The van der Waals surface area contributed by atoms with Crippen molar-refractivity contribution >= 4 is 22.7 Å². The molecule has 0 saturated carbocycles. The van der Waals surface area contributed by atoms with Gasteiger partial charge >= 0.3 is 0 Å². The van der Waals surface area contributed by atoms with Gasteiger partial charge in [-0.3, -0.25) is 0 Å². The fourth-order valence-electron chi connectivity index (χ4n) is 4.56. The van der Waals surface area contributed by atoms with Crippen molar-refractivity contribution in [2.75, 3.05) is 19.8 Å². The second kappa shape index (κ2) is 5.33. The average Bonchev–Trinajstić information content (AvgIpc) is 2.88. The predicted molar refractivity (Wildman–Crippen MR) is 91.3 cm³/mol. The number of piperidine rings is 1. The number of rotatable bonds is 2. The van der Waals surface area contributed by atoms with Crippen molar-refractivity contribution in [3.05, 3.63) is 29.3 Å². The molecular formula is C18H21N3S. The van der Waals surface area contributed by atoms with Crippen LogP contribution < -0.4 is 0 Å². The third kappa shape index (κ3) is 2.00. The van der Waals surface area contributed by atoms with Crippen molar-refractivity contribution < 1.29 is 0 Å². The maximum atomic E-state index is 9.07. The summed E-state index contributed by atoms with van der Waals surface area (Å²) in [5.41, 5.74) is 4.28. The van der Waals surface area contributed by atoms with Crippen molar-refractivity contribution in [3.63, 3.8) is 0 Å². The number of nitrogens with one attached hydrogen (secondary N) is 1. The number of aromatic nitrogens is 1. The Balaban J connectivity index is 1.84. The Morgan fingerprint density at radius 1 is 1.45 bits per heavy atom. The van der Waals surface area contributed by atoms with Crippen molar-refractivity contribution in [1.82, 2.24) is 9.88 Å². The van der Waals surface area contributed by atoms with Crippen LogP contribution in [0.15, 0.2) is 23.2 Å². The number of hydrogen-bond acceptors (Lipinski definition) is 3. The minimum absolute atomic E-state index is 0.506. The first-order valence-corrected chi connectivity index (χ1v) is 9.20. The zero-order chi connectivity index (χ0) is 15.3. The summed E-state index contributed by atoms with van der Waals surface area (Å²) in [6, 6.07) is 9.64. The SMILES string of the molecule is CSc1[nH]c2cccc3c2c1C[C@@H]1[C@@H]3C[C@@H](CC#N)CN1C. The summed E-state index contributed by atoms with van der Waals surface area (Å²) in [5.74, 6) is 1.07. The van der Waals surface area contributed by atoms with Crippen LogP contribution in [-0.2, 0) is 6.42 Å². The van der Waals surface area contributed by atoms with E-state index in [2.05, 4.69) is 47.5 Å². The molecule has 0 amide bonds. The molecule has 1 aromatic carbocycles. The minimum atomic E-state index is 0.506. The number of thioether (sulfide) groups is 1. The number of fused-ring (bicyclic) bond motifs is 2. The lowest BCUT2D eigenvalue weighted by atomic mass is 9.72. The van der Waals surface area contributed by atoms with E-state index in [0.29, 0.717) is 24.3 Å². The Morgan fingerprint density at radius 3 is 3.09 bits per heavy atom. The highest BCUT2D eigenvalue weighted by atomic mass is 32.2. The van der Waals surface area contributed by atoms with E-state index in [1.54, 1.807) is 0 Å². The maximum Gasteiger partial charge on any atom is 0.0763 e. The molecule has 1 N–H and O–H groups in total. The fraction of sp³-hybridized carbons (Fsp3) is 0.500. The van der Waals surface area contributed by atoms with E-state index in [1.807, 2.05) is 11.8 Å². The lowest BCUT2D eigenvalue weighted by molar-refractivity contribution is 0.113. The molecule has 22 heavy (non-hydrogen) atoms. The quantitative estimate of drug-likeness (QED) is 0.859. The van der Waals surface area contributed by atoms with Gasteiger partial charge in [0.1, 0.15) is 0 Å². The van der Waals surface area contributed by atoms with Gasteiger partial charge < -0.3 is 9.88 Å². The number of nitriles is 1. The molecule has 2 aliphatic rings. The smallest absolute Gasteiger partial charge is 0.0763 e. The van der Waals surface area contributed by atoms with Gasteiger partial charge in [0.25, 0.3) is 0 Å². The van der Waals surface area contributed by atoms with Gasteiger partial charge in [0.05, 0.1) is 11.1 Å². The first-order chi connectivity index (χ1) is 10.7. The van der Waals surface area contributed by atoms with Crippen molar-refractivity contribution in [1.29, 1.82) is 5.26 Å². The van der Waals surface area contributed by atoms with E-state index in [1.165, 1.54) is 27.1 Å². The minimum Gasteiger partial charge on any atom is -0.349 e. The molecule has 1 aromatic heterocycles. The molecular weight excluding hydrogens is 290 g/mol. The van der Waals surface area contributed by atoms with Gasteiger partial charge in [-0.1, -0.05) is 12.1 Å². The number of benzene rings is 1. The zero-order valence-electron chi connectivity index (χ0n) is 13.1. The molecule has 4 rings (SSSR count). The Labute approximate surface area is 135 Å². The normalized spacial score (nSPS) is 27.6. The number of likely N-dealkylation sites (tertiary alicyclic amines) is 1. The van der Waals surface area contributed by atoms with E-state index in [4.69, 9.17) is 5.26 Å². The monoisotopic (exact) mass is 311 g/mol. The van der Waals surface area contributed by atoms with Crippen molar-refractivity contribution in [2.45, 2.75) is 36.2 Å². The highest BCUT2D eigenvalue weighted by Crippen LogP contribution is 2.46. The summed E-state index contributed by atoms with van der Waals surface area (Å²) in [5, 5.41) is 11.9. The molecule has 114 valence electrons. The number of nitrogens with zero attached hydrogens (tertiary/aromatic N) is 2. The molecule has 2 heterocycles. The van der Waals surface area contributed by atoms with Gasteiger partial charge in [-0.2, -0.15) is 5.26 Å². The number of hydrogen-bond donors (Lipinski definition) is 1. The standard InChI is InChI=1S/C18H21N3S/c1-21-10-11(6-7-19)8-13-12-4-3-5-15-17(12)14(9-16(13)21)18(20-15)22-2/h3-5,11,13,16,20H,6,8-10H2,1-2H3/t11-,13-,16-/m1/s1. The Bertz CT molecular complexity index is 758. The van der Waals surface area contributed by atoms with Crippen LogP contribution in [0.25, 0.3) is 10.9 Å². The highest BCUT2D eigenvalue weighted by molar-refractivity contribution is 7.98. The summed E-state index contributed by atoms with van der Waals surface area (Å²) < 4.78 is 0. The molecule has 1 fully saturated rings. The number of likely N-dealkylation sites (N-methyl/N-ethyl adjacent to an activating group) is 1. The Hall–Kier alpha value is -1.44. The lowest BCUT2D eigenvalue weighted by Gasteiger charge is -2.45. The van der Waals surface area contributed by atoms with Crippen LogP contribution in [0, 0.1) is 17.2 Å². The first-order valence-electron chi connectivity index (χ1n) is 7.97. The largest absolute Gasteiger partial charge is 0.349 e. The summed E-state index contributed by atoms with van der Waals surface area (Å²) in [6.45, 7) is 1.05. The van der Waals surface area contributed by atoms with Gasteiger partial charge in [0.2, 0.25) is 0 Å². The van der Waals surface area contributed by atoms with E-state index in [9.17, 15) is 0 Å². The average molecular weight is 311 g/mol. The highest BCUT2D eigenvalue weighted by Gasteiger charge is 2.40. The van der Waals surface area contributed by atoms with Crippen molar-refractivity contribution in [2.24, 2.45) is 5.92 Å². The van der Waals surface area contributed by atoms with E-state index in [-0.39, 0.29) is 0 Å². The van der Waals surface area contributed by atoms with Crippen LogP contribution in [-0.4, -0.2) is 35.8 Å². The van der Waals surface area contributed by atoms with Crippen LogP contribution in [0.1, 0.15) is 29.9 Å². The third-order valence-electron chi connectivity index (χ3n) is 5.48. The van der Waals surface area contributed by atoms with E-state index < -0.39 is 0 Å². The predicted octanol–water partition coefficient (Wildman–Crippen LogP) is 3.76. The van der Waals surface area contributed by atoms with Crippen LogP contribution >= 0.6 is 11.8 Å². The van der Waals surface area contributed by atoms with Crippen LogP contribution in [0.3, 0.4) is 0 Å². The fourth-order valence-corrected chi connectivity index (χ4v) is 5.20. The third-order valence-corrected chi connectivity index (χ3v) is 6.24. The first kappa shape index (κ1) is 14.2. The lowest BCUT2D eigenvalue weighted by Crippen LogP contribution is -2.47. The summed E-state index contributed by atoms with van der Waals surface area (Å²) in [7, 11) is 2.23. The Morgan fingerprint density at radius 2 is 2.32 bits per heavy atom. The van der Waals surface area contributed by atoms with Gasteiger partial charge in [0, 0.05) is 35.8 Å². The molecule has 0 spiro atoms. The van der Waals surface area contributed by atoms with Gasteiger partial charge in [-0.25, -0.2) is 0 Å². The molecule has 0 unspecified atom stereocenters. The molecule has 3 atom stereocenters. The van der Waals surface area contributed by atoms with E-state index in [0.717, 1.165) is 19.4 Å². The molecule has 1 aliphatic heterocycles. The molecule has 3 nitrogen and oxygen atoms in total. The second-order valence-corrected chi connectivity index (χ2v) is 7.50. The second-order valence-electron chi connectivity index (χ2n) is 6.69. The molecule has 1 saturated heterocycles. The Kier molecular flexibility index (Phi) is 3.43. The summed E-state index contributed by atoms with van der Waals surface area (Å²) >= 11 is 1.82. The van der Waals surface area contributed by atoms with Crippen LogP contribution in [0.5, 0.6) is 0 Å². The number of aromatic amines is 1. The molecule has 0 radical (unpaired) electrons. The van der Waals surface area contributed by atoms with Crippen LogP contribution in [0.4, 0.5) is 0 Å². The molecule has 1 aliphatic carbocycles. The molecule has 0 bridgehead atoms. The van der Waals surface area contributed by atoms with Gasteiger partial charge in [0.15, 0.2) is 0 Å². The summed E-state index contributed by atoms with van der Waals surface area (Å²) in [4.78, 5) is 6.09. The summed E-state index contributed by atoms with van der Waals surface area (Å²) in [6.07, 6.45) is 5.12. The van der Waals surface area contributed by atoms with Gasteiger partial charge in [-0.05, 0) is 49.3 Å². The molecule has 4 heteroatoms.